The summed E-state index contributed by atoms with van der Waals surface area (Å²) in [5.41, 5.74) is 3.31. The topological polar surface area (TPSA) is 82.6 Å². The summed E-state index contributed by atoms with van der Waals surface area (Å²) in [6, 6.07) is 11.7. The zero-order valence-electron chi connectivity index (χ0n) is 13.0. The van der Waals surface area contributed by atoms with Crippen LogP contribution in [-0.4, -0.2) is 10.9 Å². The first-order valence-electron chi connectivity index (χ1n) is 7.38. The predicted octanol–water partition coefficient (Wildman–Crippen LogP) is 3.94. The van der Waals surface area contributed by atoms with Gasteiger partial charge in [0.25, 0.3) is 5.69 Å². The summed E-state index contributed by atoms with van der Waals surface area (Å²) < 4.78 is 10.7. The van der Waals surface area contributed by atoms with Crippen LogP contribution in [0.5, 0.6) is 0 Å². The molecule has 1 aromatic heterocycles. The molecular weight excluding hydrogens is 310 g/mol. The minimum Gasteiger partial charge on any atom is -0.464 e. The van der Waals surface area contributed by atoms with E-state index >= 15 is 0 Å². The highest BCUT2D eigenvalue weighted by atomic mass is 16.6. The van der Waals surface area contributed by atoms with Crippen LogP contribution in [0.3, 0.4) is 0 Å². The Morgan fingerprint density at radius 3 is 2.67 bits per heavy atom. The van der Waals surface area contributed by atoms with Crippen molar-refractivity contribution >= 4 is 22.6 Å². The number of non-ortho nitro benzene ring substituents is 1. The van der Waals surface area contributed by atoms with Crippen molar-refractivity contribution in [2.24, 2.45) is 0 Å². The first kappa shape index (κ1) is 15.7. The largest absolute Gasteiger partial charge is 0.464 e. The fraction of sp³-hybridized carbons (Fsp3) is 0.167. The Labute approximate surface area is 137 Å². The molecule has 122 valence electrons. The Balaban J connectivity index is 1.61. The number of rotatable bonds is 5. The third-order valence-electron chi connectivity index (χ3n) is 3.69. The number of nitrogens with zero attached hydrogens (tertiary/aromatic N) is 1. The molecule has 6 nitrogen and oxygen atoms in total. The molecule has 1 heterocycles. The molecule has 0 unspecified atom stereocenters. The van der Waals surface area contributed by atoms with E-state index < -0.39 is 4.92 Å². The van der Waals surface area contributed by atoms with E-state index in [1.807, 2.05) is 25.1 Å². The lowest BCUT2D eigenvalue weighted by Gasteiger charge is -2.04. The molecular formula is C18H15NO5. The number of carbonyl (C=O) groups is 1. The molecule has 0 amide bonds. The molecule has 2 aromatic carbocycles. The third kappa shape index (κ3) is 3.43. The van der Waals surface area contributed by atoms with Crippen molar-refractivity contribution < 1.29 is 18.9 Å². The Kier molecular flexibility index (Phi) is 4.29. The number of carbonyl (C=O) groups excluding carboxylic acids is 1. The number of ether oxygens (including phenoxy) is 1. The van der Waals surface area contributed by atoms with Crippen molar-refractivity contribution in [2.45, 2.75) is 20.0 Å². The Bertz CT molecular complexity index is 895. The van der Waals surface area contributed by atoms with Crippen LogP contribution in [-0.2, 0) is 22.6 Å². The average Bonchev–Trinajstić information content (AvgIpc) is 2.95. The summed E-state index contributed by atoms with van der Waals surface area (Å²) in [6.07, 6.45) is 1.68. The van der Waals surface area contributed by atoms with Crippen LogP contribution in [0.15, 0.2) is 53.1 Å². The number of hydrogen-bond donors (Lipinski definition) is 0. The summed E-state index contributed by atoms with van der Waals surface area (Å²) in [5, 5.41) is 11.5. The van der Waals surface area contributed by atoms with Crippen LogP contribution < -0.4 is 0 Å². The molecule has 0 aliphatic heterocycles. The molecule has 3 aromatic rings. The van der Waals surface area contributed by atoms with Crippen molar-refractivity contribution in [3.8, 4) is 0 Å². The summed E-state index contributed by atoms with van der Waals surface area (Å²) >= 11 is 0. The van der Waals surface area contributed by atoms with E-state index in [1.54, 1.807) is 18.4 Å². The lowest BCUT2D eigenvalue weighted by molar-refractivity contribution is -0.384. The number of benzene rings is 2. The Morgan fingerprint density at radius 2 is 1.96 bits per heavy atom. The molecule has 0 bridgehead atoms. The summed E-state index contributed by atoms with van der Waals surface area (Å²) in [7, 11) is 0. The summed E-state index contributed by atoms with van der Waals surface area (Å²) in [5.74, 6) is -0.378. The number of aryl methyl sites for hydroxylation is 1. The fourth-order valence-electron chi connectivity index (χ4n) is 2.41. The van der Waals surface area contributed by atoms with Gasteiger partial charge in [0, 0.05) is 23.1 Å². The molecule has 6 heteroatoms. The predicted molar refractivity (Wildman–Crippen MR) is 87.5 cm³/mol. The number of fused-ring (bicyclic) bond motifs is 1. The fourth-order valence-corrected chi connectivity index (χ4v) is 2.41. The van der Waals surface area contributed by atoms with Crippen molar-refractivity contribution in [3.05, 3.63) is 75.5 Å². The Hall–Kier alpha value is -3.15. The molecule has 0 saturated carbocycles. The van der Waals surface area contributed by atoms with E-state index in [0.717, 1.165) is 22.1 Å². The SMILES string of the molecule is Cc1ccc2c(CC(=O)OCc3ccc([N+](=O)[O-])cc3)coc2c1. The number of hydrogen-bond acceptors (Lipinski definition) is 5. The second-order valence-corrected chi connectivity index (χ2v) is 5.52. The normalized spacial score (nSPS) is 10.7. The van der Waals surface area contributed by atoms with E-state index in [9.17, 15) is 14.9 Å². The second-order valence-electron chi connectivity index (χ2n) is 5.52. The standard InChI is InChI=1S/C18H15NO5/c1-12-2-7-16-14(11-23-17(16)8-12)9-18(20)24-10-13-3-5-15(6-4-13)19(21)22/h2-8,11H,9-10H2,1H3. The average molecular weight is 325 g/mol. The van der Waals surface area contributed by atoms with Gasteiger partial charge in [-0.3, -0.25) is 14.9 Å². The lowest BCUT2D eigenvalue weighted by Crippen LogP contribution is -2.07. The Morgan fingerprint density at radius 1 is 1.21 bits per heavy atom. The van der Waals surface area contributed by atoms with Crippen molar-refractivity contribution in [2.75, 3.05) is 0 Å². The van der Waals surface area contributed by atoms with Gasteiger partial charge >= 0.3 is 5.97 Å². The molecule has 24 heavy (non-hydrogen) atoms. The maximum Gasteiger partial charge on any atom is 0.310 e. The molecule has 0 spiro atoms. The van der Waals surface area contributed by atoms with Crippen LogP contribution in [0.4, 0.5) is 5.69 Å². The minimum atomic E-state index is -0.471. The lowest BCUT2D eigenvalue weighted by atomic mass is 10.1. The maximum absolute atomic E-state index is 12.0. The highest BCUT2D eigenvalue weighted by molar-refractivity contribution is 5.86. The van der Waals surface area contributed by atoms with Crippen LogP contribution in [0.25, 0.3) is 11.0 Å². The molecule has 0 radical (unpaired) electrons. The number of nitro groups is 1. The third-order valence-corrected chi connectivity index (χ3v) is 3.69. The van der Waals surface area contributed by atoms with E-state index in [1.165, 1.54) is 12.1 Å². The maximum atomic E-state index is 12.0. The molecule has 0 N–H and O–H groups in total. The van der Waals surface area contributed by atoms with E-state index in [2.05, 4.69) is 0 Å². The van der Waals surface area contributed by atoms with Gasteiger partial charge in [-0.05, 0) is 36.2 Å². The van der Waals surface area contributed by atoms with Gasteiger partial charge in [0.2, 0.25) is 0 Å². The smallest absolute Gasteiger partial charge is 0.310 e. The van der Waals surface area contributed by atoms with Gasteiger partial charge in [-0.15, -0.1) is 0 Å². The zero-order valence-corrected chi connectivity index (χ0v) is 13.0. The van der Waals surface area contributed by atoms with E-state index in [4.69, 9.17) is 9.15 Å². The molecule has 0 aliphatic rings. The summed E-state index contributed by atoms with van der Waals surface area (Å²) in [4.78, 5) is 22.1. The minimum absolute atomic E-state index is 0.00485. The van der Waals surface area contributed by atoms with Gasteiger partial charge in [-0.2, -0.15) is 0 Å². The molecule has 0 saturated heterocycles. The van der Waals surface area contributed by atoms with Gasteiger partial charge in [0.1, 0.15) is 12.2 Å². The van der Waals surface area contributed by atoms with Crippen molar-refractivity contribution in [1.82, 2.24) is 0 Å². The molecule has 0 fully saturated rings. The van der Waals surface area contributed by atoms with E-state index in [-0.39, 0.29) is 24.7 Å². The first-order valence-corrected chi connectivity index (χ1v) is 7.38. The van der Waals surface area contributed by atoms with Crippen LogP contribution in [0.1, 0.15) is 16.7 Å². The quantitative estimate of drug-likeness (QED) is 0.403. The van der Waals surface area contributed by atoms with Gasteiger partial charge in [-0.25, -0.2) is 0 Å². The van der Waals surface area contributed by atoms with Gasteiger partial charge in [0.05, 0.1) is 17.6 Å². The second kappa shape index (κ2) is 6.54. The van der Waals surface area contributed by atoms with Crippen molar-refractivity contribution in [3.63, 3.8) is 0 Å². The molecule has 3 rings (SSSR count). The number of esters is 1. The molecule has 0 aliphatic carbocycles. The van der Waals surface area contributed by atoms with Gasteiger partial charge < -0.3 is 9.15 Å². The van der Waals surface area contributed by atoms with Gasteiger partial charge in [0.15, 0.2) is 0 Å². The van der Waals surface area contributed by atoms with Gasteiger partial charge in [-0.1, -0.05) is 12.1 Å². The van der Waals surface area contributed by atoms with Crippen LogP contribution in [0, 0.1) is 17.0 Å². The monoisotopic (exact) mass is 325 g/mol. The zero-order chi connectivity index (χ0) is 17.1. The van der Waals surface area contributed by atoms with E-state index in [0.29, 0.717) is 5.56 Å². The number of furan rings is 1. The van der Waals surface area contributed by atoms with Crippen LogP contribution in [0.2, 0.25) is 0 Å². The highest BCUT2D eigenvalue weighted by Crippen LogP contribution is 2.23. The highest BCUT2D eigenvalue weighted by Gasteiger charge is 2.12. The van der Waals surface area contributed by atoms with Crippen LogP contribution >= 0.6 is 0 Å². The summed E-state index contributed by atoms with van der Waals surface area (Å²) in [6.45, 7) is 2.05. The molecule has 0 atom stereocenters. The number of nitro benzene ring substituents is 1. The first-order chi connectivity index (χ1) is 11.5. The van der Waals surface area contributed by atoms with Crippen molar-refractivity contribution in [1.29, 1.82) is 0 Å².